The van der Waals surface area contributed by atoms with Crippen molar-refractivity contribution >= 4 is 28.3 Å². The largest absolute Gasteiger partial charge is 0.368 e. The van der Waals surface area contributed by atoms with Gasteiger partial charge in [-0.2, -0.15) is 5.10 Å². The minimum Gasteiger partial charge on any atom is -0.368 e. The summed E-state index contributed by atoms with van der Waals surface area (Å²) in [5.74, 6) is 0.604. The summed E-state index contributed by atoms with van der Waals surface area (Å²) in [5, 5.41) is 5.38. The molecule has 0 radical (unpaired) electrons. The van der Waals surface area contributed by atoms with E-state index in [4.69, 9.17) is 5.73 Å². The van der Waals surface area contributed by atoms with Crippen molar-refractivity contribution in [2.75, 3.05) is 17.2 Å². The van der Waals surface area contributed by atoms with Gasteiger partial charge >= 0.3 is 0 Å². The fourth-order valence-corrected chi connectivity index (χ4v) is 4.42. The molecule has 0 aliphatic heterocycles. The molecule has 12 heteroatoms. The predicted molar refractivity (Wildman–Crippen MR) is 148 cm³/mol. The number of para-hydroxylation sites is 1. The molecule has 0 saturated heterocycles. The van der Waals surface area contributed by atoms with Gasteiger partial charge in [0.1, 0.15) is 17.8 Å². The fraction of sp³-hybridized carbons (Fsp3) is 0.185. The number of anilines is 2. The van der Waals surface area contributed by atoms with Crippen LogP contribution in [-0.2, 0) is 6.54 Å². The standard InChI is InChI=1S/C25H21FN10O.C2H6/c1-2-34(23-20-17(12-28-22(20)31-14-32-23)15-10-29-25(27)30-11-15)13-19-33-35-9-8-18(26)21(35)24(37)36(19)16-6-4-3-5-7-16;1-2/h3-12,14H,2,13H2,1H3,(H2,27,29,30)(H,28,31,32);1-2H3. The van der Waals surface area contributed by atoms with Crippen LogP contribution in [0, 0.1) is 5.82 Å². The van der Waals surface area contributed by atoms with Crippen LogP contribution in [0.4, 0.5) is 16.2 Å². The van der Waals surface area contributed by atoms with Gasteiger partial charge in [-0.25, -0.2) is 28.8 Å². The van der Waals surface area contributed by atoms with E-state index in [1.54, 1.807) is 24.5 Å². The molecule has 0 unspecified atom stereocenters. The zero-order chi connectivity index (χ0) is 27.5. The van der Waals surface area contributed by atoms with Gasteiger partial charge in [0.15, 0.2) is 17.2 Å². The van der Waals surface area contributed by atoms with Crippen molar-refractivity contribution in [2.24, 2.45) is 0 Å². The lowest BCUT2D eigenvalue weighted by molar-refractivity contribution is 0.629. The van der Waals surface area contributed by atoms with Gasteiger partial charge in [-0.1, -0.05) is 32.0 Å². The van der Waals surface area contributed by atoms with Crippen molar-refractivity contribution in [3.05, 3.63) is 89.5 Å². The summed E-state index contributed by atoms with van der Waals surface area (Å²) in [6, 6.07) is 10.3. The number of H-pyrrole nitrogens is 1. The van der Waals surface area contributed by atoms with Crippen LogP contribution in [0.25, 0.3) is 33.4 Å². The van der Waals surface area contributed by atoms with Crippen molar-refractivity contribution in [3.8, 4) is 16.8 Å². The fourth-order valence-electron chi connectivity index (χ4n) is 4.42. The topological polar surface area (TPSA) is 136 Å². The molecule has 0 fully saturated rings. The minimum absolute atomic E-state index is 0.114. The highest BCUT2D eigenvalue weighted by atomic mass is 19.1. The second-order valence-electron chi connectivity index (χ2n) is 8.32. The predicted octanol–water partition coefficient (Wildman–Crippen LogP) is 3.99. The van der Waals surface area contributed by atoms with E-state index in [2.05, 4.69) is 30.0 Å². The summed E-state index contributed by atoms with van der Waals surface area (Å²) in [4.78, 5) is 35.8. The lowest BCUT2D eigenvalue weighted by Crippen LogP contribution is -2.32. The molecule has 0 aliphatic carbocycles. The van der Waals surface area contributed by atoms with Crippen LogP contribution >= 0.6 is 0 Å². The van der Waals surface area contributed by atoms with E-state index >= 15 is 0 Å². The third-order valence-corrected chi connectivity index (χ3v) is 6.16. The number of aromatic amines is 1. The number of nitrogens with two attached hydrogens (primary N) is 1. The third kappa shape index (κ3) is 4.56. The number of fused-ring (bicyclic) bond motifs is 2. The average molecular weight is 527 g/mol. The Morgan fingerprint density at radius 1 is 1.05 bits per heavy atom. The smallest absolute Gasteiger partial charge is 0.285 e. The first kappa shape index (κ1) is 25.5. The van der Waals surface area contributed by atoms with Crippen LogP contribution in [0.3, 0.4) is 0 Å². The Kier molecular flexibility index (Phi) is 7.00. The zero-order valence-electron chi connectivity index (χ0n) is 21.7. The second kappa shape index (κ2) is 10.7. The van der Waals surface area contributed by atoms with Gasteiger partial charge < -0.3 is 15.6 Å². The Balaban J connectivity index is 0.00000151. The van der Waals surface area contributed by atoms with Crippen LogP contribution in [-0.4, -0.2) is 45.6 Å². The Morgan fingerprint density at radius 3 is 2.51 bits per heavy atom. The van der Waals surface area contributed by atoms with E-state index in [1.807, 2.05) is 50.1 Å². The minimum atomic E-state index is -0.624. The number of nitrogens with zero attached hydrogens (tertiary/aromatic N) is 8. The Hall–Kier alpha value is -5.13. The van der Waals surface area contributed by atoms with Gasteiger partial charge in [0.2, 0.25) is 5.95 Å². The number of halogens is 1. The van der Waals surface area contributed by atoms with E-state index in [0.29, 0.717) is 29.5 Å². The van der Waals surface area contributed by atoms with E-state index in [-0.39, 0.29) is 18.0 Å². The van der Waals surface area contributed by atoms with Crippen LogP contribution < -0.4 is 16.2 Å². The Bertz CT molecular complexity index is 1790. The molecular formula is C27H27FN10O. The van der Waals surface area contributed by atoms with Gasteiger partial charge in [-0.05, 0) is 25.1 Å². The molecule has 198 valence electrons. The molecule has 6 aromatic rings. The number of nitrogens with one attached hydrogen (secondary N) is 1. The van der Waals surface area contributed by atoms with Crippen LogP contribution in [0.1, 0.15) is 26.6 Å². The summed E-state index contributed by atoms with van der Waals surface area (Å²) in [7, 11) is 0. The maximum absolute atomic E-state index is 14.5. The number of nitrogen functional groups attached to an aromatic ring is 1. The van der Waals surface area contributed by atoms with Crippen molar-refractivity contribution < 1.29 is 4.39 Å². The lowest BCUT2D eigenvalue weighted by atomic mass is 10.1. The second-order valence-corrected chi connectivity index (χ2v) is 8.32. The summed E-state index contributed by atoms with van der Waals surface area (Å²) < 4.78 is 17.2. The SMILES string of the molecule is CC.CCN(Cc1nn2ccc(F)c2c(=O)n1-c1ccccc1)c1ncnc2[nH]cc(-c3cnc(N)nc3)c12. The van der Waals surface area contributed by atoms with Crippen LogP contribution in [0.2, 0.25) is 0 Å². The van der Waals surface area contributed by atoms with Crippen molar-refractivity contribution in [3.63, 3.8) is 0 Å². The molecule has 6 rings (SSSR count). The number of rotatable bonds is 6. The first-order chi connectivity index (χ1) is 19.0. The summed E-state index contributed by atoms with van der Waals surface area (Å²) in [6.45, 7) is 6.73. The van der Waals surface area contributed by atoms with Crippen molar-refractivity contribution in [1.29, 1.82) is 0 Å². The van der Waals surface area contributed by atoms with Gasteiger partial charge in [0, 0.05) is 42.5 Å². The van der Waals surface area contributed by atoms with Gasteiger partial charge in [0.25, 0.3) is 5.56 Å². The first-order valence-corrected chi connectivity index (χ1v) is 12.5. The highest BCUT2D eigenvalue weighted by Crippen LogP contribution is 2.33. The molecule has 0 aliphatic rings. The highest BCUT2D eigenvalue weighted by Gasteiger charge is 2.22. The molecule has 0 spiro atoms. The molecule has 1 aromatic carbocycles. The zero-order valence-corrected chi connectivity index (χ0v) is 21.7. The maximum atomic E-state index is 14.5. The number of benzene rings is 1. The average Bonchev–Trinajstić information content (AvgIpc) is 3.57. The highest BCUT2D eigenvalue weighted by molar-refractivity contribution is 6.00. The maximum Gasteiger partial charge on any atom is 0.285 e. The molecule has 11 nitrogen and oxygen atoms in total. The van der Waals surface area contributed by atoms with Crippen molar-refractivity contribution in [1.82, 2.24) is 39.1 Å². The Morgan fingerprint density at radius 2 is 1.79 bits per heavy atom. The number of hydrogen-bond acceptors (Lipinski definition) is 8. The van der Waals surface area contributed by atoms with E-state index in [1.165, 1.54) is 27.7 Å². The number of aromatic nitrogens is 8. The molecule has 5 aromatic heterocycles. The van der Waals surface area contributed by atoms with Gasteiger partial charge in [-0.15, -0.1) is 0 Å². The van der Waals surface area contributed by atoms with E-state index in [9.17, 15) is 9.18 Å². The lowest BCUT2D eigenvalue weighted by Gasteiger charge is -2.24. The van der Waals surface area contributed by atoms with Gasteiger partial charge in [0.05, 0.1) is 17.6 Å². The molecule has 3 N–H and O–H groups in total. The summed E-state index contributed by atoms with van der Waals surface area (Å²) >= 11 is 0. The molecule has 39 heavy (non-hydrogen) atoms. The molecule has 0 saturated carbocycles. The van der Waals surface area contributed by atoms with Crippen LogP contribution in [0.15, 0.2) is 72.3 Å². The third-order valence-electron chi connectivity index (χ3n) is 6.16. The Labute approximate surface area is 222 Å². The van der Waals surface area contributed by atoms with E-state index < -0.39 is 11.4 Å². The molecule has 0 bridgehead atoms. The quantitative estimate of drug-likeness (QED) is 0.333. The molecular weight excluding hydrogens is 499 g/mol. The summed E-state index contributed by atoms with van der Waals surface area (Å²) in [5.41, 5.74) is 7.83. The molecule has 0 amide bonds. The monoisotopic (exact) mass is 526 g/mol. The van der Waals surface area contributed by atoms with E-state index in [0.717, 1.165) is 16.5 Å². The molecule has 5 heterocycles. The van der Waals surface area contributed by atoms with Crippen molar-refractivity contribution in [2.45, 2.75) is 27.3 Å². The normalized spacial score (nSPS) is 11.0. The number of hydrogen-bond donors (Lipinski definition) is 2. The first-order valence-electron chi connectivity index (χ1n) is 12.5. The van der Waals surface area contributed by atoms with Crippen LogP contribution in [0.5, 0.6) is 0 Å². The summed E-state index contributed by atoms with van der Waals surface area (Å²) in [6.07, 6.45) is 8.01. The van der Waals surface area contributed by atoms with Gasteiger partial charge in [-0.3, -0.25) is 9.36 Å². The molecule has 0 atom stereocenters.